The molecule has 0 N–H and O–H groups in total. The van der Waals surface area contributed by atoms with E-state index in [9.17, 15) is 0 Å². The van der Waals surface area contributed by atoms with Gasteiger partial charge in [-0.3, -0.25) is 0 Å². The van der Waals surface area contributed by atoms with E-state index in [2.05, 4.69) is 6.07 Å². The fourth-order valence-electron chi connectivity index (χ4n) is 0.342. The van der Waals surface area contributed by atoms with E-state index in [1.54, 1.807) is 0 Å². The Bertz CT molecular complexity index is 87.7. The van der Waals surface area contributed by atoms with Crippen molar-refractivity contribution in [2.75, 3.05) is 0 Å². The van der Waals surface area contributed by atoms with E-state index >= 15 is 0 Å². The van der Waals surface area contributed by atoms with E-state index < -0.39 is 0 Å². The van der Waals surface area contributed by atoms with Crippen molar-refractivity contribution in [2.45, 2.75) is 0 Å². The van der Waals surface area contributed by atoms with Gasteiger partial charge in [0.15, 0.2) is 0 Å². The molecule has 1 aromatic carbocycles. The maximum atomic E-state index is 2.89. The molecule has 0 amide bonds. The van der Waals surface area contributed by atoms with Crippen LogP contribution in [-0.4, -0.2) is 0 Å². The smallest absolute Gasteiger partial charge is 1.00 e. The van der Waals surface area contributed by atoms with Crippen molar-refractivity contribution < 1.29 is 44.4 Å². The Kier molecular flexibility index (Phi) is 37.9. The van der Waals surface area contributed by atoms with Crippen molar-refractivity contribution in [3.05, 3.63) is 36.4 Å². The summed E-state index contributed by atoms with van der Waals surface area (Å²) in [5.41, 5.74) is 0. The molecule has 2 atom stereocenters. The van der Waals surface area contributed by atoms with Crippen LogP contribution in [0.25, 0.3) is 0 Å². The molecule has 0 aromatic heterocycles. The van der Waals surface area contributed by atoms with Gasteiger partial charge in [-0.15, -0.1) is 0 Å². The molecule has 0 saturated heterocycles. The van der Waals surface area contributed by atoms with Gasteiger partial charge in [-0.1, -0.05) is 0 Å². The van der Waals surface area contributed by atoms with Gasteiger partial charge in [0, 0.05) is 0 Å². The van der Waals surface area contributed by atoms with E-state index in [1.807, 2.05) is 30.3 Å². The Labute approximate surface area is 99.9 Å². The molecular formula is C6H11IP2Pd. The van der Waals surface area contributed by atoms with Gasteiger partial charge < -0.3 is 24.0 Å². The summed E-state index contributed by atoms with van der Waals surface area (Å²) in [6, 6.07) is 12.5. The molecular weight excluding hydrogens is 367 g/mol. The Morgan fingerprint density at radius 3 is 1.30 bits per heavy atom. The van der Waals surface area contributed by atoms with Crippen LogP contribution in [0.4, 0.5) is 0 Å². The Hall–Kier alpha value is 1.47. The zero-order chi connectivity index (χ0) is 4.24. The summed E-state index contributed by atoms with van der Waals surface area (Å²) in [4.78, 5) is 0. The van der Waals surface area contributed by atoms with Crippen LogP contribution in [0.1, 0.15) is 0 Å². The summed E-state index contributed by atoms with van der Waals surface area (Å²) in [7, 11) is 0. The molecule has 0 heterocycles. The maximum absolute atomic E-state index is 2.89. The molecule has 0 saturated carbocycles. The third-order valence-electron chi connectivity index (χ3n) is 0.607. The first kappa shape index (κ1) is 22.5. The van der Waals surface area contributed by atoms with Gasteiger partial charge in [-0.2, -0.15) is 56.2 Å². The van der Waals surface area contributed by atoms with Crippen LogP contribution >= 0.6 is 19.8 Å². The first-order valence-electron chi connectivity index (χ1n) is 1.91. The van der Waals surface area contributed by atoms with Crippen molar-refractivity contribution in [1.29, 1.82) is 0 Å². The first-order valence-corrected chi connectivity index (χ1v) is 1.91. The summed E-state index contributed by atoms with van der Waals surface area (Å²) in [6.07, 6.45) is 0. The van der Waals surface area contributed by atoms with E-state index in [0.29, 0.717) is 0 Å². The third kappa shape index (κ3) is 12.2. The number of rotatable bonds is 0. The van der Waals surface area contributed by atoms with Crippen LogP contribution in [0.2, 0.25) is 0 Å². The second-order valence-electron chi connectivity index (χ2n) is 1.08. The summed E-state index contributed by atoms with van der Waals surface area (Å²) >= 11 is 0. The van der Waals surface area contributed by atoms with Crippen molar-refractivity contribution in [3.8, 4) is 0 Å². The van der Waals surface area contributed by atoms with Crippen molar-refractivity contribution in [3.63, 3.8) is 0 Å². The van der Waals surface area contributed by atoms with Crippen molar-refractivity contribution >= 4 is 19.8 Å². The van der Waals surface area contributed by atoms with Gasteiger partial charge in [-0.25, -0.2) is 0 Å². The fourth-order valence-corrected chi connectivity index (χ4v) is 0.342. The molecule has 0 radical (unpaired) electrons. The minimum Gasteiger partial charge on any atom is -1.00 e. The zero-order valence-electron chi connectivity index (χ0n) is 5.50. The van der Waals surface area contributed by atoms with Crippen LogP contribution in [0.15, 0.2) is 30.3 Å². The largest absolute Gasteiger partial charge is 2.00 e. The molecule has 0 nitrogen and oxygen atoms in total. The molecule has 0 spiro atoms. The van der Waals surface area contributed by atoms with Gasteiger partial charge in [0.25, 0.3) is 0 Å². The van der Waals surface area contributed by atoms with Crippen molar-refractivity contribution in [1.82, 2.24) is 0 Å². The van der Waals surface area contributed by atoms with E-state index in [1.165, 1.54) is 0 Å². The molecule has 0 aliphatic heterocycles. The maximum Gasteiger partial charge on any atom is 2.00 e. The third-order valence-corrected chi connectivity index (χ3v) is 0.607. The molecule has 0 bridgehead atoms. The Morgan fingerprint density at radius 1 is 0.800 bits per heavy atom. The average Bonchev–Trinajstić information content (AvgIpc) is 1.72. The molecule has 0 aliphatic carbocycles. The second kappa shape index (κ2) is 16.8. The van der Waals surface area contributed by atoms with E-state index in [-0.39, 0.29) is 64.2 Å². The van der Waals surface area contributed by atoms with Gasteiger partial charge in [0.1, 0.15) is 0 Å². The normalized spacial score (nSPS) is 4.80. The summed E-state index contributed by atoms with van der Waals surface area (Å²) in [6.45, 7) is 0. The molecule has 0 fully saturated rings. The van der Waals surface area contributed by atoms with Crippen molar-refractivity contribution in [2.24, 2.45) is 0 Å². The predicted molar refractivity (Wildman–Crippen MR) is 47.5 cm³/mol. The zero-order valence-corrected chi connectivity index (χ0v) is 12.0. The minimum atomic E-state index is 0. The number of hydrogen-bond donors (Lipinski definition) is 0. The van der Waals surface area contributed by atoms with Gasteiger partial charge in [-0.05, 0) is 0 Å². The molecule has 10 heavy (non-hydrogen) atoms. The fraction of sp³-hybridized carbons (Fsp3) is 0. The Morgan fingerprint density at radius 2 is 1.20 bits per heavy atom. The minimum absolute atomic E-state index is 0. The monoisotopic (exact) mass is 378 g/mol. The molecule has 1 rings (SSSR count). The first-order chi connectivity index (χ1) is 3.00. The van der Waals surface area contributed by atoms with E-state index in [0.717, 1.165) is 0 Å². The summed E-state index contributed by atoms with van der Waals surface area (Å²) in [5, 5.41) is 0. The number of hydrogen-bond acceptors (Lipinski definition) is 0. The van der Waals surface area contributed by atoms with Crippen LogP contribution in [0.5, 0.6) is 0 Å². The molecule has 62 valence electrons. The van der Waals surface area contributed by atoms with Gasteiger partial charge >= 0.3 is 20.4 Å². The SMILES string of the molecule is P.P.[I-].[Pd+2].[c-]1ccccc1. The summed E-state index contributed by atoms with van der Waals surface area (Å²) < 4.78 is 0. The molecule has 2 unspecified atom stereocenters. The number of halogens is 1. The van der Waals surface area contributed by atoms with Crippen LogP contribution in [-0.2, 0) is 20.4 Å². The molecule has 0 aliphatic rings. The van der Waals surface area contributed by atoms with Gasteiger partial charge in [0.2, 0.25) is 0 Å². The predicted octanol–water partition coefficient (Wildman–Crippen LogP) is -1.40. The van der Waals surface area contributed by atoms with Crippen LogP contribution in [0, 0.1) is 6.07 Å². The molecule has 1 aromatic rings. The summed E-state index contributed by atoms with van der Waals surface area (Å²) in [5.74, 6) is 0. The standard InChI is InChI=1S/C6H5.HI.2H3P.Pd/c1-2-4-6-5-3-1;;;;/h1-5H;1H;2*1H3;/q-1;;;;+2/p-1. The average molecular weight is 378 g/mol. The molecule has 4 heteroatoms. The van der Waals surface area contributed by atoms with Gasteiger partial charge in [0.05, 0.1) is 0 Å². The Balaban J connectivity index is -0.0000000450. The quantitative estimate of drug-likeness (QED) is 0.226. The number of benzene rings is 1. The van der Waals surface area contributed by atoms with E-state index in [4.69, 9.17) is 0 Å². The van der Waals surface area contributed by atoms with Crippen LogP contribution in [0.3, 0.4) is 0 Å². The topological polar surface area (TPSA) is 0 Å². The second-order valence-corrected chi connectivity index (χ2v) is 1.08. The van der Waals surface area contributed by atoms with Crippen LogP contribution < -0.4 is 24.0 Å².